The van der Waals surface area contributed by atoms with Crippen LogP contribution < -0.4 is 14.4 Å². The van der Waals surface area contributed by atoms with Gasteiger partial charge in [0, 0.05) is 43.7 Å². The Morgan fingerprint density at radius 1 is 1.16 bits per heavy atom. The Bertz CT molecular complexity index is 1750. The number of carbonyl (C=O) groups is 2. The van der Waals surface area contributed by atoms with Crippen LogP contribution in [-0.2, 0) is 36.0 Å². The lowest BCUT2D eigenvalue weighted by Gasteiger charge is -2.45. The molecule has 10 nitrogen and oxygen atoms in total. The number of fused-ring (bicyclic) bond motifs is 4. The third kappa shape index (κ3) is 7.01. The highest BCUT2D eigenvalue weighted by atomic mass is 35.5. The molecule has 1 aromatic carbocycles. The molecule has 49 heavy (non-hydrogen) atoms. The Labute approximate surface area is 294 Å². The van der Waals surface area contributed by atoms with E-state index in [-0.39, 0.29) is 46.8 Å². The predicted molar refractivity (Wildman–Crippen MR) is 189 cm³/mol. The molecule has 6 atom stereocenters. The van der Waals surface area contributed by atoms with Gasteiger partial charge in [0.1, 0.15) is 15.6 Å². The van der Waals surface area contributed by atoms with Gasteiger partial charge in [0.25, 0.3) is 0 Å². The van der Waals surface area contributed by atoms with Gasteiger partial charge in [0.2, 0.25) is 5.91 Å². The van der Waals surface area contributed by atoms with E-state index in [1.165, 1.54) is 11.1 Å². The van der Waals surface area contributed by atoms with Crippen molar-refractivity contribution in [3.8, 4) is 5.75 Å². The second kappa shape index (κ2) is 14.0. The fourth-order valence-electron chi connectivity index (χ4n) is 8.43. The molecule has 0 unspecified atom stereocenters. The van der Waals surface area contributed by atoms with Crippen molar-refractivity contribution in [1.29, 1.82) is 0 Å². The maximum Gasteiger partial charge on any atom is 0.305 e. The molecule has 0 radical (unpaired) electrons. The van der Waals surface area contributed by atoms with Gasteiger partial charge in [-0.05, 0) is 105 Å². The van der Waals surface area contributed by atoms with Crippen LogP contribution in [0.4, 0.5) is 5.82 Å². The summed E-state index contributed by atoms with van der Waals surface area (Å²) in [4.78, 5) is 34.2. The molecule has 2 fully saturated rings. The Kier molecular flexibility index (Phi) is 9.82. The fraction of sp³-hybridized carbons (Fsp3) is 0.595. The van der Waals surface area contributed by atoms with Crippen LogP contribution >= 0.6 is 11.6 Å². The molecule has 2 aliphatic heterocycles. The first-order valence-corrected chi connectivity index (χ1v) is 19.7. The Hall–Kier alpha value is -2.99. The SMILES string of the molecule is COC1CC(C(=O)N[S@@]2(=O)=NC(=O)c3ccc4c(n3)N(C[C@@H]3CC[C@H]3[C@@H](OC)/C=C/C[C@H](C)C2)C[C@@]2(CCCc3cc(Cl)ccc32)CO4)C1. The number of anilines is 1. The normalized spacial score (nSPS) is 34.9. The van der Waals surface area contributed by atoms with Crippen molar-refractivity contribution in [3.05, 3.63) is 64.3 Å². The van der Waals surface area contributed by atoms with Crippen molar-refractivity contribution in [3.63, 3.8) is 0 Å². The zero-order valence-electron chi connectivity index (χ0n) is 28.6. The first kappa shape index (κ1) is 34.5. The quantitative estimate of drug-likeness (QED) is 0.389. The number of aromatic nitrogens is 1. The van der Waals surface area contributed by atoms with Crippen LogP contribution in [0.3, 0.4) is 0 Å². The van der Waals surface area contributed by atoms with Gasteiger partial charge in [0.15, 0.2) is 11.6 Å². The molecule has 2 aromatic rings. The van der Waals surface area contributed by atoms with Gasteiger partial charge in [-0.2, -0.15) is 0 Å². The molecule has 2 saturated carbocycles. The molecule has 5 aliphatic rings. The van der Waals surface area contributed by atoms with E-state index in [0.717, 1.165) is 43.7 Å². The Morgan fingerprint density at radius 3 is 2.76 bits per heavy atom. The molecule has 2 bridgehead atoms. The van der Waals surface area contributed by atoms with E-state index in [1.807, 2.05) is 13.0 Å². The molecule has 0 saturated heterocycles. The molecular formula is C37H47ClN4O6S. The number of pyridine rings is 1. The predicted octanol–water partition coefficient (Wildman–Crippen LogP) is 5.91. The van der Waals surface area contributed by atoms with Gasteiger partial charge in [0.05, 0.1) is 24.6 Å². The summed E-state index contributed by atoms with van der Waals surface area (Å²) in [7, 11) is -0.0858. The molecule has 1 aromatic heterocycles. The summed E-state index contributed by atoms with van der Waals surface area (Å²) in [5.41, 5.74) is 2.29. The number of rotatable bonds is 4. The number of carbonyl (C=O) groups excluding carboxylic acids is 2. The van der Waals surface area contributed by atoms with Crippen molar-refractivity contribution in [1.82, 2.24) is 9.71 Å². The van der Waals surface area contributed by atoms with E-state index >= 15 is 0 Å². The molecule has 3 heterocycles. The minimum atomic E-state index is -3.46. The van der Waals surface area contributed by atoms with E-state index in [9.17, 15) is 13.8 Å². The third-order valence-corrected chi connectivity index (χ3v) is 13.6. The van der Waals surface area contributed by atoms with Gasteiger partial charge < -0.3 is 19.1 Å². The van der Waals surface area contributed by atoms with Gasteiger partial charge in [-0.15, -0.1) is 4.36 Å². The standard InChI is InChI=1S/C37H47ClN4O6S/c1-23-6-4-8-32(47-3)29-11-9-25(29)19-42-21-37(15-5-7-24-16-27(38)10-12-30(24)37)22-48-33-14-13-31(39-34(33)42)36(44)41-49(45,20-23)40-35(43)26-17-28(18-26)46-2/h4,8,10,12-14,16,23,25-26,28-29,32H,5-7,9,11,15,17-22H2,1-3H3,(H,40,41,43,44,45)/b8-4+/t23-,25-,26?,28?,29+,32-,37-,49+/m0/s1. The molecule has 3 aliphatic carbocycles. The molecule has 264 valence electrons. The minimum Gasteiger partial charge on any atom is -0.489 e. The summed E-state index contributed by atoms with van der Waals surface area (Å²) in [6.45, 7) is 3.83. The number of halogens is 1. The van der Waals surface area contributed by atoms with Gasteiger partial charge in [-0.1, -0.05) is 36.7 Å². The third-order valence-electron chi connectivity index (χ3n) is 11.4. The fourth-order valence-corrected chi connectivity index (χ4v) is 10.6. The first-order valence-electron chi connectivity index (χ1n) is 17.6. The number of hydrogen-bond donors (Lipinski definition) is 1. The van der Waals surface area contributed by atoms with Crippen LogP contribution in [0.2, 0.25) is 5.02 Å². The lowest BCUT2D eigenvalue weighted by atomic mass is 9.68. The van der Waals surface area contributed by atoms with E-state index in [2.05, 4.69) is 38.3 Å². The average Bonchev–Trinajstić information content (AvgIpc) is 3.18. The lowest BCUT2D eigenvalue weighted by Crippen LogP contribution is -2.49. The number of benzene rings is 1. The molecule has 1 N–H and O–H groups in total. The summed E-state index contributed by atoms with van der Waals surface area (Å²) in [6.07, 6.45) is 10.9. The van der Waals surface area contributed by atoms with Crippen LogP contribution in [0.15, 0.2) is 46.8 Å². The van der Waals surface area contributed by atoms with Gasteiger partial charge >= 0.3 is 5.91 Å². The molecule has 1 spiro atoms. The highest BCUT2D eigenvalue weighted by Crippen LogP contribution is 2.46. The van der Waals surface area contributed by atoms with Crippen LogP contribution in [0.5, 0.6) is 5.75 Å². The van der Waals surface area contributed by atoms with E-state index in [0.29, 0.717) is 55.8 Å². The van der Waals surface area contributed by atoms with E-state index < -0.39 is 15.8 Å². The summed E-state index contributed by atoms with van der Waals surface area (Å²) in [5, 5.41) is 0.734. The first-order chi connectivity index (χ1) is 23.6. The van der Waals surface area contributed by atoms with Crippen LogP contribution in [0, 0.1) is 23.7 Å². The van der Waals surface area contributed by atoms with Crippen molar-refractivity contribution in [2.24, 2.45) is 28.0 Å². The zero-order valence-corrected chi connectivity index (χ0v) is 30.1. The number of aryl methyl sites for hydroxylation is 1. The summed E-state index contributed by atoms with van der Waals surface area (Å²) >= 11 is 6.44. The highest BCUT2D eigenvalue weighted by Gasteiger charge is 2.45. The second-order valence-corrected chi connectivity index (χ2v) is 17.2. The lowest BCUT2D eigenvalue weighted by molar-refractivity contribution is -0.130. The number of ether oxygens (including phenoxy) is 3. The van der Waals surface area contributed by atoms with Crippen LogP contribution in [-0.4, -0.2) is 72.9 Å². The summed E-state index contributed by atoms with van der Waals surface area (Å²) in [6, 6.07) is 9.57. The average molecular weight is 711 g/mol. The molecule has 7 rings (SSSR count). The van der Waals surface area contributed by atoms with Crippen molar-refractivity contribution in [2.45, 2.75) is 75.9 Å². The number of nitrogens with one attached hydrogen (secondary N) is 1. The topological polar surface area (TPSA) is 119 Å². The maximum absolute atomic E-state index is 14.4. The Morgan fingerprint density at radius 2 is 2.00 bits per heavy atom. The van der Waals surface area contributed by atoms with E-state index in [1.54, 1.807) is 26.4 Å². The van der Waals surface area contributed by atoms with Crippen LogP contribution in [0.1, 0.15) is 73.5 Å². The number of nitrogens with zero attached hydrogens (tertiary/aromatic N) is 3. The number of allylic oxidation sites excluding steroid dienone is 1. The smallest absolute Gasteiger partial charge is 0.305 e. The van der Waals surface area contributed by atoms with Crippen LogP contribution in [0.25, 0.3) is 0 Å². The molecule has 2 amide bonds. The number of methoxy groups -OCH3 is 2. The molecular weight excluding hydrogens is 664 g/mol. The minimum absolute atomic E-state index is 0.00459. The number of hydrogen-bond acceptors (Lipinski definition) is 8. The summed E-state index contributed by atoms with van der Waals surface area (Å²) in [5.74, 6) is 0.384. The monoisotopic (exact) mass is 710 g/mol. The van der Waals surface area contributed by atoms with Crippen molar-refractivity contribution >= 4 is 39.1 Å². The van der Waals surface area contributed by atoms with E-state index in [4.69, 9.17) is 30.8 Å². The van der Waals surface area contributed by atoms with Crippen molar-refractivity contribution < 1.29 is 28.0 Å². The summed E-state index contributed by atoms with van der Waals surface area (Å²) < 4.78 is 39.3. The Balaban J connectivity index is 1.28. The van der Waals surface area contributed by atoms with Gasteiger partial charge in [-0.3, -0.25) is 14.3 Å². The second-order valence-electron chi connectivity index (χ2n) is 14.8. The maximum atomic E-state index is 14.4. The van der Waals surface area contributed by atoms with Gasteiger partial charge in [-0.25, -0.2) is 9.19 Å². The van der Waals surface area contributed by atoms with Crippen molar-refractivity contribution in [2.75, 3.05) is 44.6 Å². The molecule has 12 heteroatoms. The zero-order chi connectivity index (χ0) is 34.3. The highest BCUT2D eigenvalue weighted by molar-refractivity contribution is 7.92. The number of amides is 2. The largest absolute Gasteiger partial charge is 0.489 e.